The largest absolute Gasteiger partial charge is 0.311 e. The van der Waals surface area contributed by atoms with Crippen LogP contribution < -0.4 is 5.32 Å². The van der Waals surface area contributed by atoms with Gasteiger partial charge in [0.25, 0.3) is 0 Å². The molecule has 1 unspecified atom stereocenters. The third-order valence-electron chi connectivity index (χ3n) is 2.99. The van der Waals surface area contributed by atoms with E-state index in [0.717, 1.165) is 19.6 Å². The average Bonchev–Trinajstić information content (AvgIpc) is 2.31. The second-order valence-corrected chi connectivity index (χ2v) is 4.15. The maximum absolute atomic E-state index is 4.04. The van der Waals surface area contributed by atoms with E-state index in [-0.39, 0.29) is 0 Å². The van der Waals surface area contributed by atoms with Gasteiger partial charge in [-0.2, -0.15) is 0 Å². The van der Waals surface area contributed by atoms with Crippen molar-refractivity contribution in [3.05, 3.63) is 30.1 Å². The SMILES string of the molecule is CCC1CN(Cc2ccncc2)CCN1. The summed E-state index contributed by atoms with van der Waals surface area (Å²) in [6.45, 7) is 6.73. The second kappa shape index (κ2) is 5.24. The van der Waals surface area contributed by atoms with Crippen molar-refractivity contribution in [1.29, 1.82) is 0 Å². The van der Waals surface area contributed by atoms with E-state index in [1.165, 1.54) is 18.5 Å². The van der Waals surface area contributed by atoms with Crippen molar-refractivity contribution in [2.24, 2.45) is 0 Å². The van der Waals surface area contributed by atoms with Gasteiger partial charge in [0.2, 0.25) is 0 Å². The Hall–Kier alpha value is -0.930. The lowest BCUT2D eigenvalue weighted by molar-refractivity contribution is 0.190. The topological polar surface area (TPSA) is 28.2 Å². The lowest BCUT2D eigenvalue weighted by Gasteiger charge is -2.33. The van der Waals surface area contributed by atoms with E-state index in [9.17, 15) is 0 Å². The molecule has 0 saturated carbocycles. The minimum atomic E-state index is 0.667. The first-order valence-corrected chi connectivity index (χ1v) is 5.73. The van der Waals surface area contributed by atoms with Crippen LogP contribution in [0, 0.1) is 0 Å². The Bertz CT molecular complexity index is 286. The first-order chi connectivity index (χ1) is 7.38. The van der Waals surface area contributed by atoms with Crippen LogP contribution in [0.25, 0.3) is 0 Å². The van der Waals surface area contributed by atoms with E-state index < -0.39 is 0 Å². The third kappa shape index (κ3) is 3.01. The number of aromatic nitrogens is 1. The van der Waals surface area contributed by atoms with Crippen LogP contribution in [0.3, 0.4) is 0 Å². The highest BCUT2D eigenvalue weighted by atomic mass is 15.2. The summed E-state index contributed by atoms with van der Waals surface area (Å²) in [6.07, 6.45) is 4.95. The van der Waals surface area contributed by atoms with E-state index in [1.54, 1.807) is 0 Å². The minimum absolute atomic E-state index is 0.667. The number of hydrogen-bond acceptors (Lipinski definition) is 3. The first-order valence-electron chi connectivity index (χ1n) is 5.73. The standard InChI is InChI=1S/C12H19N3/c1-2-12-10-15(8-7-14-12)9-11-3-5-13-6-4-11/h3-6,12,14H,2,7-10H2,1H3. The molecule has 0 bridgehead atoms. The fraction of sp³-hybridized carbons (Fsp3) is 0.583. The predicted octanol–water partition coefficient (Wildman–Crippen LogP) is 1.27. The molecule has 3 heteroatoms. The van der Waals surface area contributed by atoms with E-state index in [0.29, 0.717) is 6.04 Å². The van der Waals surface area contributed by atoms with Crippen LogP contribution in [0.2, 0.25) is 0 Å². The molecule has 0 aliphatic carbocycles. The number of pyridine rings is 1. The molecule has 82 valence electrons. The molecule has 1 fully saturated rings. The summed E-state index contributed by atoms with van der Waals surface area (Å²) in [7, 11) is 0. The monoisotopic (exact) mass is 205 g/mol. The molecule has 1 saturated heterocycles. The van der Waals surface area contributed by atoms with Crippen molar-refractivity contribution < 1.29 is 0 Å². The van der Waals surface area contributed by atoms with Crippen molar-refractivity contribution >= 4 is 0 Å². The summed E-state index contributed by atoms with van der Waals surface area (Å²) in [4.78, 5) is 6.55. The van der Waals surface area contributed by atoms with Crippen molar-refractivity contribution in [2.45, 2.75) is 25.9 Å². The molecule has 1 aliphatic heterocycles. The summed E-state index contributed by atoms with van der Waals surface area (Å²) in [5, 5.41) is 3.53. The Labute approximate surface area is 91.5 Å². The van der Waals surface area contributed by atoms with Crippen molar-refractivity contribution in [3.63, 3.8) is 0 Å². The van der Waals surface area contributed by atoms with Crippen LogP contribution in [0.4, 0.5) is 0 Å². The highest BCUT2D eigenvalue weighted by Crippen LogP contribution is 2.07. The maximum Gasteiger partial charge on any atom is 0.0271 e. The molecule has 1 aliphatic rings. The highest BCUT2D eigenvalue weighted by molar-refractivity contribution is 5.09. The number of rotatable bonds is 3. The van der Waals surface area contributed by atoms with Gasteiger partial charge in [-0.15, -0.1) is 0 Å². The minimum Gasteiger partial charge on any atom is -0.311 e. The van der Waals surface area contributed by atoms with Gasteiger partial charge >= 0.3 is 0 Å². The molecule has 0 aromatic carbocycles. The van der Waals surface area contributed by atoms with Gasteiger partial charge in [-0.3, -0.25) is 9.88 Å². The second-order valence-electron chi connectivity index (χ2n) is 4.15. The molecule has 0 radical (unpaired) electrons. The summed E-state index contributed by atoms with van der Waals surface area (Å²) in [5.41, 5.74) is 1.36. The van der Waals surface area contributed by atoms with Crippen LogP contribution in [0.15, 0.2) is 24.5 Å². The van der Waals surface area contributed by atoms with Gasteiger partial charge in [0, 0.05) is 44.6 Å². The van der Waals surface area contributed by atoms with Crippen molar-refractivity contribution in [1.82, 2.24) is 15.2 Å². The molecular weight excluding hydrogens is 186 g/mol. The van der Waals surface area contributed by atoms with Gasteiger partial charge < -0.3 is 5.32 Å². The molecule has 1 aromatic rings. The molecule has 15 heavy (non-hydrogen) atoms. The summed E-state index contributed by atoms with van der Waals surface area (Å²) in [6, 6.07) is 4.87. The maximum atomic E-state index is 4.04. The molecule has 1 aromatic heterocycles. The fourth-order valence-electron chi connectivity index (χ4n) is 2.06. The first kappa shape index (κ1) is 10.6. The van der Waals surface area contributed by atoms with Gasteiger partial charge in [0.15, 0.2) is 0 Å². The number of nitrogens with one attached hydrogen (secondary N) is 1. The van der Waals surface area contributed by atoms with E-state index in [2.05, 4.69) is 34.3 Å². The lowest BCUT2D eigenvalue weighted by Crippen LogP contribution is -2.49. The molecule has 1 atom stereocenters. The van der Waals surface area contributed by atoms with Gasteiger partial charge in [0.1, 0.15) is 0 Å². The van der Waals surface area contributed by atoms with Gasteiger partial charge in [-0.25, -0.2) is 0 Å². The Morgan fingerprint density at radius 1 is 1.47 bits per heavy atom. The predicted molar refractivity (Wildman–Crippen MR) is 61.6 cm³/mol. The molecule has 2 rings (SSSR count). The third-order valence-corrected chi connectivity index (χ3v) is 2.99. The smallest absolute Gasteiger partial charge is 0.0271 e. The van der Waals surface area contributed by atoms with Crippen LogP contribution in [-0.4, -0.2) is 35.6 Å². The van der Waals surface area contributed by atoms with Crippen LogP contribution >= 0.6 is 0 Å². The zero-order chi connectivity index (χ0) is 10.5. The number of piperazine rings is 1. The quantitative estimate of drug-likeness (QED) is 0.805. The lowest BCUT2D eigenvalue weighted by atomic mass is 10.1. The van der Waals surface area contributed by atoms with Crippen molar-refractivity contribution in [3.8, 4) is 0 Å². The van der Waals surface area contributed by atoms with Gasteiger partial charge in [0.05, 0.1) is 0 Å². The molecule has 2 heterocycles. The molecule has 0 spiro atoms. The normalized spacial score (nSPS) is 22.9. The fourth-order valence-corrected chi connectivity index (χ4v) is 2.06. The zero-order valence-corrected chi connectivity index (χ0v) is 9.32. The van der Waals surface area contributed by atoms with Crippen LogP contribution in [0.1, 0.15) is 18.9 Å². The highest BCUT2D eigenvalue weighted by Gasteiger charge is 2.17. The van der Waals surface area contributed by atoms with E-state index in [1.807, 2.05) is 12.4 Å². The summed E-state index contributed by atoms with van der Waals surface area (Å²) < 4.78 is 0. The Morgan fingerprint density at radius 3 is 3.00 bits per heavy atom. The Balaban J connectivity index is 1.89. The Morgan fingerprint density at radius 2 is 2.27 bits per heavy atom. The average molecular weight is 205 g/mol. The summed E-state index contributed by atoms with van der Waals surface area (Å²) in [5.74, 6) is 0. The van der Waals surface area contributed by atoms with E-state index in [4.69, 9.17) is 0 Å². The molecule has 3 nitrogen and oxygen atoms in total. The molecular formula is C12H19N3. The zero-order valence-electron chi connectivity index (χ0n) is 9.32. The van der Waals surface area contributed by atoms with E-state index >= 15 is 0 Å². The molecule has 1 N–H and O–H groups in total. The van der Waals surface area contributed by atoms with Crippen LogP contribution in [-0.2, 0) is 6.54 Å². The number of hydrogen-bond donors (Lipinski definition) is 1. The van der Waals surface area contributed by atoms with Crippen LogP contribution in [0.5, 0.6) is 0 Å². The number of nitrogens with zero attached hydrogens (tertiary/aromatic N) is 2. The van der Waals surface area contributed by atoms with Crippen molar-refractivity contribution in [2.75, 3.05) is 19.6 Å². The Kier molecular flexibility index (Phi) is 3.69. The molecule has 0 amide bonds. The van der Waals surface area contributed by atoms with Gasteiger partial charge in [-0.1, -0.05) is 6.92 Å². The van der Waals surface area contributed by atoms with Gasteiger partial charge in [-0.05, 0) is 24.1 Å². The summed E-state index contributed by atoms with van der Waals surface area (Å²) >= 11 is 0.